The van der Waals surface area contributed by atoms with Crippen LogP contribution < -0.4 is 0 Å². The van der Waals surface area contributed by atoms with E-state index in [1.807, 2.05) is 0 Å². The summed E-state index contributed by atoms with van der Waals surface area (Å²) in [5.41, 5.74) is 0.559. The molecule has 0 bridgehead atoms. The van der Waals surface area contributed by atoms with E-state index in [2.05, 4.69) is 4.98 Å². The predicted molar refractivity (Wildman–Crippen MR) is 59.2 cm³/mol. The van der Waals surface area contributed by atoms with Crippen LogP contribution in [0.3, 0.4) is 0 Å². The van der Waals surface area contributed by atoms with Crippen molar-refractivity contribution in [2.75, 3.05) is 0 Å². The highest BCUT2D eigenvalue weighted by Gasteiger charge is 2.11. The van der Waals surface area contributed by atoms with E-state index in [1.165, 1.54) is 6.20 Å². The van der Waals surface area contributed by atoms with Gasteiger partial charge in [-0.3, -0.25) is 4.98 Å². The van der Waals surface area contributed by atoms with E-state index >= 15 is 0 Å². The molecule has 0 amide bonds. The number of rotatable bonds is 3. The summed E-state index contributed by atoms with van der Waals surface area (Å²) in [5, 5.41) is 9.83. The van der Waals surface area contributed by atoms with Crippen molar-refractivity contribution < 1.29 is 18.3 Å². The van der Waals surface area contributed by atoms with Gasteiger partial charge in [-0.15, -0.1) is 0 Å². The normalized spacial score (nSPS) is 12.4. The topological polar surface area (TPSA) is 33.1 Å². The lowest BCUT2D eigenvalue weighted by Crippen LogP contribution is -2.03. The fourth-order valence-corrected chi connectivity index (χ4v) is 1.68. The van der Waals surface area contributed by atoms with Gasteiger partial charge in [0.2, 0.25) is 0 Å². The molecule has 0 spiro atoms. The molecule has 1 aromatic carbocycles. The van der Waals surface area contributed by atoms with Crippen LogP contribution >= 0.6 is 0 Å². The van der Waals surface area contributed by atoms with Crippen LogP contribution in [0.5, 0.6) is 0 Å². The molecular formula is C13H10F3NO. The molecule has 0 aliphatic carbocycles. The van der Waals surface area contributed by atoms with Gasteiger partial charge >= 0.3 is 0 Å². The first-order valence-electron chi connectivity index (χ1n) is 5.28. The molecule has 1 heterocycles. The van der Waals surface area contributed by atoms with Crippen molar-refractivity contribution in [1.82, 2.24) is 4.98 Å². The average molecular weight is 253 g/mol. The minimum atomic E-state index is -1.06. The Morgan fingerprint density at radius 1 is 0.944 bits per heavy atom. The van der Waals surface area contributed by atoms with Crippen LogP contribution in [0.4, 0.5) is 13.2 Å². The number of aliphatic hydroxyl groups is 1. The monoisotopic (exact) mass is 253 g/mol. The zero-order valence-electron chi connectivity index (χ0n) is 9.28. The number of hydrogen-bond acceptors (Lipinski definition) is 2. The van der Waals surface area contributed by atoms with Crippen LogP contribution in [0, 0.1) is 17.5 Å². The molecule has 18 heavy (non-hydrogen) atoms. The Hall–Kier alpha value is -1.88. The van der Waals surface area contributed by atoms with Gasteiger partial charge in [0.1, 0.15) is 17.5 Å². The third-order valence-electron chi connectivity index (χ3n) is 2.46. The maximum absolute atomic E-state index is 13.0. The van der Waals surface area contributed by atoms with Crippen LogP contribution in [-0.2, 0) is 6.42 Å². The van der Waals surface area contributed by atoms with Crippen LogP contribution in [0.1, 0.15) is 17.2 Å². The number of halogens is 3. The van der Waals surface area contributed by atoms with Gasteiger partial charge in [-0.2, -0.15) is 0 Å². The van der Waals surface area contributed by atoms with Gasteiger partial charge in [-0.25, -0.2) is 13.2 Å². The number of pyridine rings is 1. The van der Waals surface area contributed by atoms with Gasteiger partial charge < -0.3 is 5.11 Å². The first-order chi connectivity index (χ1) is 8.54. The highest BCUT2D eigenvalue weighted by atomic mass is 19.1. The predicted octanol–water partition coefficient (Wildman–Crippen LogP) is 2.78. The molecule has 1 aromatic heterocycles. The number of nitrogens with zero attached hydrogens (tertiary/aromatic N) is 1. The molecule has 2 rings (SSSR count). The second kappa shape index (κ2) is 5.18. The molecule has 0 saturated carbocycles. The zero-order chi connectivity index (χ0) is 13.1. The van der Waals surface area contributed by atoms with Crippen LogP contribution in [-0.4, -0.2) is 10.1 Å². The number of aliphatic hydroxyl groups excluding tert-OH is 1. The molecule has 1 N–H and O–H groups in total. The summed E-state index contributed by atoms with van der Waals surface area (Å²) in [4.78, 5) is 3.60. The molecule has 0 aliphatic rings. The summed E-state index contributed by atoms with van der Waals surface area (Å²) in [6.07, 6.45) is 1.25. The molecular weight excluding hydrogens is 243 g/mol. The van der Waals surface area contributed by atoms with Gasteiger partial charge in [0.25, 0.3) is 0 Å². The van der Waals surface area contributed by atoms with E-state index in [9.17, 15) is 18.3 Å². The first-order valence-corrected chi connectivity index (χ1v) is 5.28. The fourth-order valence-electron chi connectivity index (χ4n) is 1.68. The summed E-state index contributed by atoms with van der Waals surface area (Å²) in [5.74, 6) is -2.00. The highest BCUT2D eigenvalue weighted by molar-refractivity contribution is 5.22. The maximum atomic E-state index is 13.0. The van der Waals surface area contributed by atoms with E-state index in [4.69, 9.17) is 0 Å². The highest BCUT2D eigenvalue weighted by Crippen LogP contribution is 2.19. The van der Waals surface area contributed by atoms with E-state index in [1.54, 1.807) is 0 Å². The minimum Gasteiger partial charge on any atom is -0.388 e. The third-order valence-corrected chi connectivity index (χ3v) is 2.46. The van der Waals surface area contributed by atoms with Gasteiger partial charge in [0.15, 0.2) is 0 Å². The van der Waals surface area contributed by atoms with Gasteiger partial charge in [0, 0.05) is 24.2 Å². The average Bonchev–Trinajstić information content (AvgIpc) is 2.27. The molecule has 2 nitrogen and oxygen atoms in total. The molecule has 1 unspecified atom stereocenters. The van der Waals surface area contributed by atoms with Crippen LogP contribution in [0.25, 0.3) is 0 Å². The van der Waals surface area contributed by atoms with Crippen LogP contribution in [0.15, 0.2) is 36.7 Å². The lowest BCUT2D eigenvalue weighted by atomic mass is 10.0. The van der Waals surface area contributed by atoms with Crippen molar-refractivity contribution in [2.24, 2.45) is 0 Å². The van der Waals surface area contributed by atoms with Crippen molar-refractivity contribution in [3.8, 4) is 0 Å². The largest absolute Gasteiger partial charge is 0.388 e. The minimum absolute atomic E-state index is 0.0141. The summed E-state index contributed by atoms with van der Waals surface area (Å²) in [7, 11) is 0. The Balaban J connectivity index is 2.18. The number of benzene rings is 1. The molecule has 1 atom stereocenters. The van der Waals surface area contributed by atoms with Crippen molar-refractivity contribution in [2.45, 2.75) is 12.5 Å². The molecule has 2 aromatic rings. The Labute approximate surface area is 102 Å². The number of aromatic nitrogens is 1. The summed E-state index contributed by atoms with van der Waals surface area (Å²) < 4.78 is 38.8. The van der Waals surface area contributed by atoms with Crippen molar-refractivity contribution >= 4 is 0 Å². The summed E-state index contributed by atoms with van der Waals surface area (Å²) >= 11 is 0. The maximum Gasteiger partial charge on any atom is 0.141 e. The summed E-state index contributed by atoms with van der Waals surface area (Å²) in [6, 6.07) is 4.13. The van der Waals surface area contributed by atoms with Gasteiger partial charge in [-0.05, 0) is 23.8 Å². The van der Waals surface area contributed by atoms with Crippen molar-refractivity contribution in [1.29, 1.82) is 0 Å². The number of hydrogen-bond donors (Lipinski definition) is 1. The lowest BCUT2D eigenvalue weighted by Gasteiger charge is -2.10. The molecule has 5 heteroatoms. The molecule has 94 valence electrons. The van der Waals surface area contributed by atoms with Gasteiger partial charge in [0.05, 0.1) is 12.3 Å². The Bertz CT molecular complexity index is 539. The zero-order valence-corrected chi connectivity index (χ0v) is 9.28. The van der Waals surface area contributed by atoms with Crippen molar-refractivity contribution in [3.05, 3.63) is 65.2 Å². The standard InChI is InChI=1S/C13H10F3NO/c14-10-1-8(2-11(15)5-10)3-13(18)9-4-12(16)7-17-6-9/h1-2,4-7,13,18H,3H2. The van der Waals surface area contributed by atoms with E-state index in [0.717, 1.165) is 30.5 Å². The lowest BCUT2D eigenvalue weighted by molar-refractivity contribution is 0.177. The Morgan fingerprint density at radius 2 is 1.61 bits per heavy atom. The fraction of sp³-hybridized carbons (Fsp3) is 0.154. The molecule has 0 fully saturated rings. The third kappa shape index (κ3) is 3.07. The van der Waals surface area contributed by atoms with E-state index in [-0.39, 0.29) is 12.0 Å². The Kier molecular flexibility index (Phi) is 3.62. The molecule has 0 saturated heterocycles. The van der Waals surface area contributed by atoms with Gasteiger partial charge in [-0.1, -0.05) is 0 Å². The smallest absolute Gasteiger partial charge is 0.141 e. The molecule has 0 aliphatic heterocycles. The second-order valence-electron chi connectivity index (χ2n) is 3.93. The molecule has 0 radical (unpaired) electrons. The van der Waals surface area contributed by atoms with Crippen molar-refractivity contribution in [3.63, 3.8) is 0 Å². The second-order valence-corrected chi connectivity index (χ2v) is 3.93. The Morgan fingerprint density at radius 3 is 2.22 bits per heavy atom. The van der Waals surface area contributed by atoms with Crippen LogP contribution in [0.2, 0.25) is 0 Å². The summed E-state index contributed by atoms with van der Waals surface area (Å²) in [6.45, 7) is 0. The SMILES string of the molecule is OC(Cc1cc(F)cc(F)c1)c1cncc(F)c1. The quantitative estimate of drug-likeness (QED) is 0.912. The first kappa shape index (κ1) is 12.6. The van der Waals surface area contributed by atoms with E-state index in [0.29, 0.717) is 5.56 Å². The van der Waals surface area contributed by atoms with E-state index < -0.39 is 23.6 Å².